The van der Waals surface area contributed by atoms with Crippen LogP contribution in [0.4, 0.5) is 11.4 Å². The molecule has 40 heavy (non-hydrogen) atoms. The number of carbonyl (C=O) groups excluding carboxylic acids is 1. The zero-order valence-corrected chi connectivity index (χ0v) is 24.4. The summed E-state index contributed by atoms with van der Waals surface area (Å²) >= 11 is 5.92. The van der Waals surface area contributed by atoms with Gasteiger partial charge in [0.05, 0.1) is 15.5 Å². The molecule has 1 aliphatic heterocycles. The lowest BCUT2D eigenvalue weighted by molar-refractivity contribution is -0.116. The van der Waals surface area contributed by atoms with Gasteiger partial charge in [-0.15, -0.1) is 0 Å². The van der Waals surface area contributed by atoms with Gasteiger partial charge in [-0.1, -0.05) is 49.1 Å². The first kappa shape index (κ1) is 28.6. The molecule has 1 saturated carbocycles. The van der Waals surface area contributed by atoms with Gasteiger partial charge in [0.15, 0.2) is 0 Å². The number of anilines is 2. The zero-order valence-electron chi connectivity index (χ0n) is 22.0. The summed E-state index contributed by atoms with van der Waals surface area (Å²) in [6, 6.07) is 18.0. The van der Waals surface area contributed by atoms with Crippen molar-refractivity contribution in [3.8, 4) is 0 Å². The van der Waals surface area contributed by atoms with E-state index in [1.807, 2.05) is 6.07 Å². The van der Waals surface area contributed by atoms with Gasteiger partial charge in [-0.2, -0.15) is 0 Å². The van der Waals surface area contributed by atoms with Gasteiger partial charge in [0.25, 0.3) is 10.0 Å². The Morgan fingerprint density at radius 2 is 1.55 bits per heavy atom. The maximum Gasteiger partial charge on any atom is 0.264 e. The van der Waals surface area contributed by atoms with Crippen molar-refractivity contribution in [2.45, 2.75) is 67.2 Å². The van der Waals surface area contributed by atoms with Crippen molar-refractivity contribution in [3.63, 3.8) is 0 Å². The molecule has 0 saturated heterocycles. The molecule has 3 aromatic carbocycles. The summed E-state index contributed by atoms with van der Waals surface area (Å²) in [5, 5.41) is 3.32. The lowest BCUT2D eigenvalue weighted by Gasteiger charge is -2.22. The standard InChI is InChI=1S/C29H32ClN3O5S2/c30-23-10-15-27(16-11-23)40(37,38)33-19-18-22-9-12-25(20-28(22)33)31-29(34)17-8-21-6-13-26(14-7-21)39(35,36)32-24-4-2-1-3-5-24/h6-7,9-16,20,24,32H,1-5,8,17-19H2,(H,31,34). The second-order valence-corrected chi connectivity index (χ2v) is 14.3. The van der Waals surface area contributed by atoms with Gasteiger partial charge in [-0.05, 0) is 85.3 Å². The molecule has 3 aromatic rings. The Kier molecular flexibility index (Phi) is 8.51. The minimum absolute atomic E-state index is 0.00837. The predicted molar refractivity (Wildman–Crippen MR) is 157 cm³/mol. The van der Waals surface area contributed by atoms with E-state index in [1.165, 1.54) is 16.4 Å². The molecule has 0 spiro atoms. The Labute approximate surface area is 240 Å². The lowest BCUT2D eigenvalue weighted by Crippen LogP contribution is -2.36. The molecule has 2 N–H and O–H groups in total. The molecule has 1 aliphatic carbocycles. The van der Waals surface area contributed by atoms with Crippen LogP contribution in [-0.2, 0) is 37.7 Å². The first-order chi connectivity index (χ1) is 19.1. The fourth-order valence-corrected chi connectivity index (χ4v) is 8.16. The fourth-order valence-electron chi connectivity index (χ4n) is 5.24. The number of aryl methyl sites for hydroxylation is 1. The predicted octanol–water partition coefficient (Wildman–Crippen LogP) is 5.27. The Balaban J connectivity index is 1.19. The number of amides is 1. The van der Waals surface area contributed by atoms with Crippen molar-refractivity contribution in [1.82, 2.24) is 4.72 Å². The van der Waals surface area contributed by atoms with Crippen LogP contribution < -0.4 is 14.3 Å². The number of halogens is 1. The molecule has 11 heteroatoms. The van der Waals surface area contributed by atoms with Crippen LogP contribution in [0.25, 0.3) is 0 Å². The Morgan fingerprint density at radius 3 is 2.25 bits per heavy atom. The van der Waals surface area contributed by atoms with Crippen LogP contribution in [0.15, 0.2) is 76.5 Å². The minimum Gasteiger partial charge on any atom is -0.326 e. The van der Waals surface area contributed by atoms with Crippen molar-refractivity contribution in [3.05, 3.63) is 82.9 Å². The van der Waals surface area contributed by atoms with Crippen molar-refractivity contribution in [1.29, 1.82) is 0 Å². The van der Waals surface area contributed by atoms with Crippen LogP contribution in [0.3, 0.4) is 0 Å². The summed E-state index contributed by atoms with van der Waals surface area (Å²) in [7, 11) is -7.34. The minimum atomic E-state index is -3.77. The van der Waals surface area contributed by atoms with E-state index in [9.17, 15) is 21.6 Å². The van der Waals surface area contributed by atoms with E-state index in [-0.39, 0.29) is 28.2 Å². The molecule has 0 unspecified atom stereocenters. The molecule has 0 radical (unpaired) electrons. The summed E-state index contributed by atoms with van der Waals surface area (Å²) in [5.41, 5.74) is 2.80. The summed E-state index contributed by atoms with van der Waals surface area (Å²) in [5.74, 6) is -0.222. The molecule has 212 valence electrons. The highest BCUT2D eigenvalue weighted by atomic mass is 35.5. The molecule has 2 aliphatic rings. The number of fused-ring (bicyclic) bond motifs is 1. The van der Waals surface area contributed by atoms with Crippen LogP contribution in [0.2, 0.25) is 5.02 Å². The maximum atomic E-state index is 13.2. The highest BCUT2D eigenvalue weighted by molar-refractivity contribution is 7.92. The SMILES string of the molecule is O=C(CCc1ccc(S(=O)(=O)NC2CCCCC2)cc1)Nc1ccc2c(c1)N(S(=O)(=O)c1ccc(Cl)cc1)CC2. The molecule has 1 amide bonds. The molecule has 0 bridgehead atoms. The first-order valence-electron chi connectivity index (χ1n) is 13.4. The Morgan fingerprint density at radius 1 is 0.875 bits per heavy atom. The third kappa shape index (κ3) is 6.52. The number of carbonyl (C=O) groups is 1. The van der Waals surface area contributed by atoms with E-state index in [2.05, 4.69) is 10.0 Å². The van der Waals surface area contributed by atoms with E-state index in [0.717, 1.165) is 43.2 Å². The van der Waals surface area contributed by atoms with E-state index in [1.54, 1.807) is 48.5 Å². The van der Waals surface area contributed by atoms with Crippen molar-refractivity contribution in [2.24, 2.45) is 0 Å². The molecule has 0 aromatic heterocycles. The normalized spacial score (nSPS) is 16.1. The Bertz CT molecular complexity index is 1590. The number of benzene rings is 3. The van der Waals surface area contributed by atoms with E-state index in [4.69, 9.17) is 11.6 Å². The van der Waals surface area contributed by atoms with Crippen LogP contribution in [0, 0.1) is 0 Å². The van der Waals surface area contributed by atoms with Crippen molar-refractivity contribution < 1.29 is 21.6 Å². The average molecular weight is 602 g/mol. The highest BCUT2D eigenvalue weighted by Crippen LogP contribution is 2.35. The van der Waals surface area contributed by atoms with Crippen LogP contribution in [0.1, 0.15) is 49.7 Å². The topological polar surface area (TPSA) is 113 Å². The molecule has 8 nitrogen and oxygen atoms in total. The molecule has 0 atom stereocenters. The highest BCUT2D eigenvalue weighted by Gasteiger charge is 2.31. The van der Waals surface area contributed by atoms with E-state index < -0.39 is 20.0 Å². The molecule has 5 rings (SSSR count). The van der Waals surface area contributed by atoms with Crippen molar-refractivity contribution >= 4 is 48.9 Å². The lowest BCUT2D eigenvalue weighted by atomic mass is 9.96. The number of nitrogens with zero attached hydrogens (tertiary/aromatic N) is 1. The van der Waals surface area contributed by atoms with E-state index >= 15 is 0 Å². The van der Waals surface area contributed by atoms with E-state index in [0.29, 0.717) is 35.8 Å². The van der Waals surface area contributed by atoms with Gasteiger partial charge in [-0.25, -0.2) is 21.6 Å². The molecular formula is C29H32ClN3O5S2. The molecule has 1 fully saturated rings. The second-order valence-electron chi connectivity index (χ2n) is 10.3. The van der Waals surface area contributed by atoms with Gasteiger partial charge in [0.1, 0.15) is 0 Å². The van der Waals surface area contributed by atoms with Crippen LogP contribution in [-0.4, -0.2) is 35.3 Å². The maximum absolute atomic E-state index is 13.2. The fraction of sp³-hybridized carbons (Fsp3) is 0.345. The monoisotopic (exact) mass is 601 g/mol. The number of hydrogen-bond donors (Lipinski definition) is 2. The summed E-state index contributed by atoms with van der Waals surface area (Å²) in [6.07, 6.45) is 6.18. The second kappa shape index (κ2) is 11.9. The van der Waals surface area contributed by atoms with Crippen LogP contribution >= 0.6 is 11.6 Å². The summed E-state index contributed by atoms with van der Waals surface area (Å²) in [4.78, 5) is 13.1. The third-order valence-electron chi connectivity index (χ3n) is 7.42. The third-order valence-corrected chi connectivity index (χ3v) is 11.0. The van der Waals surface area contributed by atoms with Gasteiger partial charge < -0.3 is 5.32 Å². The van der Waals surface area contributed by atoms with Gasteiger partial charge in [0.2, 0.25) is 15.9 Å². The number of nitrogens with one attached hydrogen (secondary N) is 2. The number of hydrogen-bond acceptors (Lipinski definition) is 5. The quantitative estimate of drug-likeness (QED) is 0.347. The zero-order chi connectivity index (χ0) is 28.3. The van der Waals surface area contributed by atoms with Gasteiger partial charge >= 0.3 is 0 Å². The van der Waals surface area contributed by atoms with Gasteiger partial charge in [-0.3, -0.25) is 9.10 Å². The average Bonchev–Trinajstić information content (AvgIpc) is 3.37. The van der Waals surface area contributed by atoms with Gasteiger partial charge in [0, 0.05) is 29.7 Å². The number of sulfonamides is 2. The molecule has 1 heterocycles. The number of rotatable bonds is 9. The molecular weight excluding hydrogens is 570 g/mol. The Hall–Kier alpha value is -2.92. The summed E-state index contributed by atoms with van der Waals surface area (Å²) in [6.45, 7) is 0.319. The van der Waals surface area contributed by atoms with Crippen LogP contribution in [0.5, 0.6) is 0 Å². The largest absolute Gasteiger partial charge is 0.326 e. The smallest absolute Gasteiger partial charge is 0.264 e. The summed E-state index contributed by atoms with van der Waals surface area (Å²) < 4.78 is 56.1. The van der Waals surface area contributed by atoms with Crippen molar-refractivity contribution in [2.75, 3.05) is 16.2 Å². The first-order valence-corrected chi connectivity index (χ1v) is 16.7.